The van der Waals surface area contributed by atoms with Gasteiger partial charge in [0.1, 0.15) is 6.33 Å². The number of hydrogen-bond donors (Lipinski definition) is 1. The Morgan fingerprint density at radius 3 is 2.71 bits per heavy atom. The van der Waals surface area contributed by atoms with Crippen molar-refractivity contribution in [3.05, 3.63) is 71.0 Å². The molecule has 0 fully saturated rings. The third-order valence-electron chi connectivity index (χ3n) is 3.99. The van der Waals surface area contributed by atoms with E-state index in [0.29, 0.717) is 11.3 Å². The number of carbonyl (C=O) groups excluding carboxylic acids is 1. The van der Waals surface area contributed by atoms with E-state index in [9.17, 15) is 4.79 Å². The maximum Gasteiger partial charge on any atom is 0.253 e. The molecule has 1 N–H and O–H groups in total. The number of nitrogens with zero attached hydrogens (tertiary/aromatic N) is 4. The quantitative estimate of drug-likeness (QED) is 0.802. The van der Waals surface area contributed by atoms with Crippen LogP contribution in [0.1, 0.15) is 40.0 Å². The highest BCUT2D eigenvalue weighted by Gasteiger charge is 2.17. The zero-order chi connectivity index (χ0) is 17.1. The molecule has 6 nitrogen and oxygen atoms in total. The SMILES string of the molecule is Cc1ccc(C)c([C@H](C)NC(=O)c2ccccc2-n2cnnn2)c1. The summed E-state index contributed by atoms with van der Waals surface area (Å²) >= 11 is 0. The molecule has 0 radical (unpaired) electrons. The van der Waals surface area contributed by atoms with Crippen LogP contribution in [0.5, 0.6) is 0 Å². The number of aromatic nitrogens is 4. The minimum absolute atomic E-state index is 0.0978. The molecule has 3 aromatic rings. The first-order chi connectivity index (χ1) is 11.6. The van der Waals surface area contributed by atoms with E-state index >= 15 is 0 Å². The summed E-state index contributed by atoms with van der Waals surface area (Å²) in [6.07, 6.45) is 1.47. The Morgan fingerprint density at radius 2 is 1.96 bits per heavy atom. The molecule has 1 amide bonds. The second kappa shape index (κ2) is 6.62. The molecular weight excluding hydrogens is 302 g/mol. The number of tetrazole rings is 1. The van der Waals surface area contributed by atoms with Gasteiger partial charge in [-0.1, -0.05) is 35.9 Å². The number of para-hydroxylation sites is 1. The summed E-state index contributed by atoms with van der Waals surface area (Å²) in [5.74, 6) is -0.158. The molecule has 0 spiro atoms. The first-order valence-corrected chi connectivity index (χ1v) is 7.76. The van der Waals surface area contributed by atoms with E-state index in [-0.39, 0.29) is 11.9 Å². The van der Waals surface area contributed by atoms with E-state index in [2.05, 4.69) is 39.0 Å². The lowest BCUT2D eigenvalue weighted by molar-refractivity contribution is 0.0939. The van der Waals surface area contributed by atoms with Crippen molar-refractivity contribution in [2.24, 2.45) is 0 Å². The summed E-state index contributed by atoms with van der Waals surface area (Å²) in [4.78, 5) is 12.7. The average molecular weight is 321 g/mol. The van der Waals surface area contributed by atoms with E-state index in [1.807, 2.05) is 39.0 Å². The van der Waals surface area contributed by atoms with Crippen molar-refractivity contribution in [1.82, 2.24) is 25.5 Å². The fraction of sp³-hybridized carbons (Fsp3) is 0.222. The summed E-state index contributed by atoms with van der Waals surface area (Å²) < 4.78 is 1.48. The number of amides is 1. The Labute approximate surface area is 140 Å². The standard InChI is InChI=1S/C18H19N5O/c1-12-8-9-13(2)16(10-12)14(3)20-18(24)15-6-4-5-7-17(15)23-11-19-21-22-23/h4-11,14H,1-3H3,(H,20,24)/t14-/m0/s1. The summed E-state index contributed by atoms with van der Waals surface area (Å²) in [5, 5.41) is 14.2. The Hall–Kier alpha value is -3.02. The topological polar surface area (TPSA) is 72.7 Å². The lowest BCUT2D eigenvalue weighted by atomic mass is 9.99. The molecule has 0 aliphatic carbocycles. The Kier molecular flexibility index (Phi) is 4.37. The van der Waals surface area contributed by atoms with Crippen molar-refractivity contribution >= 4 is 5.91 Å². The third kappa shape index (κ3) is 3.17. The van der Waals surface area contributed by atoms with Crippen LogP contribution < -0.4 is 5.32 Å². The van der Waals surface area contributed by atoms with Crippen molar-refractivity contribution in [3.8, 4) is 5.69 Å². The van der Waals surface area contributed by atoms with Gasteiger partial charge in [-0.2, -0.15) is 4.68 Å². The maximum absolute atomic E-state index is 12.7. The molecule has 0 aliphatic rings. The Bertz CT molecular complexity index is 858. The summed E-state index contributed by atoms with van der Waals surface area (Å²) in [6.45, 7) is 6.08. The highest BCUT2D eigenvalue weighted by molar-refractivity contribution is 5.97. The van der Waals surface area contributed by atoms with Crippen molar-refractivity contribution in [2.75, 3.05) is 0 Å². The molecule has 2 aromatic carbocycles. The third-order valence-corrected chi connectivity index (χ3v) is 3.99. The van der Waals surface area contributed by atoms with Gasteiger partial charge in [0.05, 0.1) is 17.3 Å². The van der Waals surface area contributed by atoms with Gasteiger partial charge in [-0.15, -0.1) is 5.10 Å². The van der Waals surface area contributed by atoms with E-state index < -0.39 is 0 Å². The highest BCUT2D eigenvalue weighted by Crippen LogP contribution is 2.20. The first kappa shape index (κ1) is 15.9. The van der Waals surface area contributed by atoms with Crippen LogP contribution in [0.15, 0.2) is 48.8 Å². The molecule has 0 saturated carbocycles. The second-order valence-electron chi connectivity index (χ2n) is 5.83. The number of aryl methyl sites for hydroxylation is 2. The molecule has 0 aliphatic heterocycles. The van der Waals surface area contributed by atoms with E-state index in [1.54, 1.807) is 6.07 Å². The summed E-state index contributed by atoms with van der Waals surface area (Å²) in [7, 11) is 0. The number of hydrogen-bond acceptors (Lipinski definition) is 4. The molecule has 122 valence electrons. The van der Waals surface area contributed by atoms with Crippen LogP contribution in [0.4, 0.5) is 0 Å². The Morgan fingerprint density at radius 1 is 1.17 bits per heavy atom. The number of benzene rings is 2. The van der Waals surface area contributed by atoms with Gasteiger partial charge in [0.2, 0.25) is 0 Å². The van der Waals surface area contributed by atoms with Crippen LogP contribution in [0.25, 0.3) is 5.69 Å². The molecule has 1 aromatic heterocycles. The van der Waals surface area contributed by atoms with Crippen molar-refractivity contribution in [2.45, 2.75) is 26.8 Å². The second-order valence-corrected chi connectivity index (χ2v) is 5.83. The monoisotopic (exact) mass is 321 g/mol. The molecule has 3 rings (SSSR count). The Balaban J connectivity index is 1.87. The highest BCUT2D eigenvalue weighted by atomic mass is 16.1. The van der Waals surface area contributed by atoms with E-state index in [0.717, 1.165) is 11.1 Å². The molecule has 0 unspecified atom stereocenters. The van der Waals surface area contributed by atoms with Gasteiger partial charge in [-0.3, -0.25) is 4.79 Å². The van der Waals surface area contributed by atoms with Crippen LogP contribution in [-0.2, 0) is 0 Å². The van der Waals surface area contributed by atoms with Crippen LogP contribution in [-0.4, -0.2) is 26.1 Å². The van der Waals surface area contributed by atoms with Gasteiger partial charge >= 0.3 is 0 Å². The van der Waals surface area contributed by atoms with Gasteiger partial charge in [-0.25, -0.2) is 0 Å². The molecule has 0 bridgehead atoms. The normalized spacial score (nSPS) is 12.0. The van der Waals surface area contributed by atoms with Gasteiger partial charge in [0.25, 0.3) is 5.91 Å². The maximum atomic E-state index is 12.7. The predicted octanol–water partition coefficient (Wildman–Crippen LogP) is 2.77. The van der Waals surface area contributed by atoms with Crippen molar-refractivity contribution in [1.29, 1.82) is 0 Å². The molecular formula is C18H19N5O. The van der Waals surface area contributed by atoms with Crippen molar-refractivity contribution in [3.63, 3.8) is 0 Å². The summed E-state index contributed by atoms with van der Waals surface area (Å²) in [5.41, 5.74) is 4.62. The van der Waals surface area contributed by atoms with Gasteiger partial charge < -0.3 is 5.32 Å². The van der Waals surface area contributed by atoms with Crippen LogP contribution in [0, 0.1) is 13.8 Å². The molecule has 6 heteroatoms. The average Bonchev–Trinajstić information content (AvgIpc) is 3.11. The van der Waals surface area contributed by atoms with Gasteiger partial charge in [-0.05, 0) is 54.5 Å². The predicted molar refractivity (Wildman–Crippen MR) is 91.0 cm³/mol. The van der Waals surface area contributed by atoms with Crippen molar-refractivity contribution < 1.29 is 4.79 Å². The van der Waals surface area contributed by atoms with Gasteiger partial charge in [0.15, 0.2) is 0 Å². The first-order valence-electron chi connectivity index (χ1n) is 7.76. The van der Waals surface area contributed by atoms with Gasteiger partial charge in [0, 0.05) is 0 Å². The largest absolute Gasteiger partial charge is 0.345 e. The lowest BCUT2D eigenvalue weighted by Crippen LogP contribution is -2.28. The number of rotatable bonds is 4. The van der Waals surface area contributed by atoms with Crippen LogP contribution in [0.2, 0.25) is 0 Å². The minimum Gasteiger partial charge on any atom is -0.345 e. The summed E-state index contributed by atoms with van der Waals surface area (Å²) in [6, 6.07) is 13.4. The fourth-order valence-corrected chi connectivity index (χ4v) is 2.72. The lowest BCUT2D eigenvalue weighted by Gasteiger charge is -2.18. The van der Waals surface area contributed by atoms with Crippen LogP contribution >= 0.6 is 0 Å². The molecule has 0 saturated heterocycles. The molecule has 1 atom stereocenters. The zero-order valence-electron chi connectivity index (χ0n) is 13.9. The smallest absolute Gasteiger partial charge is 0.253 e. The number of carbonyl (C=O) groups is 1. The minimum atomic E-state index is -0.158. The van der Waals surface area contributed by atoms with Crippen LogP contribution in [0.3, 0.4) is 0 Å². The molecule has 1 heterocycles. The fourth-order valence-electron chi connectivity index (χ4n) is 2.72. The van der Waals surface area contributed by atoms with E-state index in [1.165, 1.54) is 16.6 Å². The zero-order valence-corrected chi connectivity index (χ0v) is 13.9. The molecule has 24 heavy (non-hydrogen) atoms. The van der Waals surface area contributed by atoms with E-state index in [4.69, 9.17) is 0 Å². The number of nitrogens with one attached hydrogen (secondary N) is 1.